The van der Waals surface area contributed by atoms with Crippen LogP contribution in [0.2, 0.25) is 0 Å². The third-order valence-electron chi connectivity index (χ3n) is 6.25. The van der Waals surface area contributed by atoms with E-state index in [0.29, 0.717) is 19.0 Å². The molecule has 1 aromatic carbocycles. The first kappa shape index (κ1) is 18.0. The Kier molecular flexibility index (Phi) is 4.44. The van der Waals surface area contributed by atoms with E-state index < -0.39 is 11.6 Å². The van der Waals surface area contributed by atoms with Crippen LogP contribution in [0.1, 0.15) is 49.8 Å². The summed E-state index contributed by atoms with van der Waals surface area (Å²) in [5.41, 5.74) is 2.27. The molecule has 2 unspecified atom stereocenters. The van der Waals surface area contributed by atoms with Crippen LogP contribution in [0.3, 0.4) is 0 Å². The summed E-state index contributed by atoms with van der Waals surface area (Å²) in [6.07, 6.45) is 5.30. The van der Waals surface area contributed by atoms with Gasteiger partial charge >= 0.3 is 6.03 Å². The SMILES string of the molecule is CC1CCCN(C(=O)CN2C(=O)NC(C)(c3ccc4c(c3)CCC4)C2=O)C1. The van der Waals surface area contributed by atoms with Gasteiger partial charge in [0, 0.05) is 13.1 Å². The van der Waals surface area contributed by atoms with Gasteiger partial charge in [0.15, 0.2) is 0 Å². The van der Waals surface area contributed by atoms with Crippen LogP contribution in [0, 0.1) is 5.92 Å². The molecule has 6 heteroatoms. The average Bonchev–Trinajstić information content (AvgIpc) is 3.20. The van der Waals surface area contributed by atoms with Crippen LogP contribution in [0.25, 0.3) is 0 Å². The number of urea groups is 1. The molecule has 4 rings (SSSR count). The average molecular weight is 369 g/mol. The van der Waals surface area contributed by atoms with Crippen LogP contribution >= 0.6 is 0 Å². The minimum Gasteiger partial charge on any atom is -0.341 e. The molecule has 3 aliphatic rings. The Morgan fingerprint density at radius 3 is 2.78 bits per heavy atom. The molecule has 2 aliphatic heterocycles. The Hall–Kier alpha value is -2.37. The number of likely N-dealkylation sites (tertiary alicyclic amines) is 1. The van der Waals surface area contributed by atoms with Crippen molar-refractivity contribution in [1.82, 2.24) is 15.1 Å². The summed E-state index contributed by atoms with van der Waals surface area (Å²) < 4.78 is 0. The van der Waals surface area contributed by atoms with Crippen LogP contribution in [-0.2, 0) is 28.0 Å². The molecule has 27 heavy (non-hydrogen) atoms. The number of hydrogen-bond donors (Lipinski definition) is 1. The van der Waals surface area contributed by atoms with Gasteiger partial charge in [-0.25, -0.2) is 4.79 Å². The fourth-order valence-corrected chi connectivity index (χ4v) is 4.57. The normalized spacial score (nSPS) is 27.7. The molecule has 1 aliphatic carbocycles. The maximum Gasteiger partial charge on any atom is 0.325 e. The van der Waals surface area contributed by atoms with E-state index in [1.54, 1.807) is 11.8 Å². The van der Waals surface area contributed by atoms with Gasteiger partial charge in [0.2, 0.25) is 5.91 Å². The molecule has 2 heterocycles. The summed E-state index contributed by atoms with van der Waals surface area (Å²) in [5, 5.41) is 2.82. The monoisotopic (exact) mass is 369 g/mol. The lowest BCUT2D eigenvalue weighted by atomic mass is 9.89. The van der Waals surface area contributed by atoms with Gasteiger partial charge in [-0.05, 0) is 61.6 Å². The fraction of sp³-hybridized carbons (Fsp3) is 0.571. The van der Waals surface area contributed by atoms with E-state index >= 15 is 0 Å². The van der Waals surface area contributed by atoms with Gasteiger partial charge < -0.3 is 10.2 Å². The van der Waals surface area contributed by atoms with E-state index in [1.165, 1.54) is 11.1 Å². The van der Waals surface area contributed by atoms with Crippen molar-refractivity contribution in [3.63, 3.8) is 0 Å². The number of nitrogens with one attached hydrogen (secondary N) is 1. The number of fused-ring (bicyclic) bond motifs is 1. The quantitative estimate of drug-likeness (QED) is 0.831. The van der Waals surface area contributed by atoms with Crippen molar-refractivity contribution in [2.75, 3.05) is 19.6 Å². The zero-order valence-electron chi connectivity index (χ0n) is 16.1. The fourth-order valence-electron chi connectivity index (χ4n) is 4.57. The number of carbonyl (C=O) groups is 3. The van der Waals surface area contributed by atoms with Gasteiger partial charge in [-0.2, -0.15) is 0 Å². The molecule has 4 amide bonds. The molecule has 6 nitrogen and oxygen atoms in total. The topological polar surface area (TPSA) is 69.7 Å². The summed E-state index contributed by atoms with van der Waals surface area (Å²) in [7, 11) is 0. The van der Waals surface area contributed by atoms with Crippen molar-refractivity contribution >= 4 is 17.8 Å². The highest BCUT2D eigenvalue weighted by molar-refractivity contribution is 6.09. The Morgan fingerprint density at radius 1 is 1.22 bits per heavy atom. The van der Waals surface area contributed by atoms with E-state index in [2.05, 4.69) is 18.3 Å². The second-order valence-corrected chi connectivity index (χ2v) is 8.37. The van der Waals surface area contributed by atoms with E-state index in [1.807, 2.05) is 12.1 Å². The summed E-state index contributed by atoms with van der Waals surface area (Å²) in [4.78, 5) is 41.1. The smallest absolute Gasteiger partial charge is 0.325 e. The van der Waals surface area contributed by atoms with E-state index in [9.17, 15) is 14.4 Å². The molecule has 2 atom stereocenters. The molecule has 0 saturated carbocycles. The predicted octanol–water partition coefficient (Wildman–Crippen LogP) is 2.20. The van der Waals surface area contributed by atoms with Crippen molar-refractivity contribution < 1.29 is 14.4 Å². The zero-order chi connectivity index (χ0) is 19.2. The van der Waals surface area contributed by atoms with Crippen LogP contribution in [-0.4, -0.2) is 47.3 Å². The Balaban J connectivity index is 1.52. The van der Waals surface area contributed by atoms with Gasteiger partial charge in [-0.3, -0.25) is 14.5 Å². The molecule has 0 spiro atoms. The van der Waals surface area contributed by atoms with Crippen LogP contribution in [0.5, 0.6) is 0 Å². The minimum atomic E-state index is -1.11. The van der Waals surface area contributed by atoms with E-state index in [4.69, 9.17) is 0 Å². The Bertz CT molecular complexity index is 806. The van der Waals surface area contributed by atoms with Crippen molar-refractivity contribution in [3.8, 4) is 0 Å². The molecular formula is C21H27N3O3. The Labute approximate surface area is 159 Å². The van der Waals surface area contributed by atoms with E-state index in [0.717, 1.165) is 42.6 Å². The molecule has 2 fully saturated rings. The highest BCUT2D eigenvalue weighted by atomic mass is 16.2. The number of nitrogens with zero attached hydrogens (tertiary/aromatic N) is 2. The molecule has 0 radical (unpaired) electrons. The molecular weight excluding hydrogens is 342 g/mol. The number of piperidine rings is 1. The van der Waals surface area contributed by atoms with Crippen molar-refractivity contribution in [3.05, 3.63) is 34.9 Å². The number of benzene rings is 1. The maximum absolute atomic E-state index is 13.1. The van der Waals surface area contributed by atoms with Crippen LogP contribution in [0.15, 0.2) is 18.2 Å². The van der Waals surface area contributed by atoms with Gasteiger partial charge in [-0.15, -0.1) is 0 Å². The number of hydrogen-bond acceptors (Lipinski definition) is 3. The van der Waals surface area contributed by atoms with Gasteiger partial charge in [0.1, 0.15) is 12.1 Å². The highest BCUT2D eigenvalue weighted by Gasteiger charge is 2.50. The van der Waals surface area contributed by atoms with Gasteiger partial charge in [-0.1, -0.05) is 25.1 Å². The first-order valence-electron chi connectivity index (χ1n) is 9.92. The third kappa shape index (κ3) is 3.11. The lowest BCUT2D eigenvalue weighted by molar-refractivity contribution is -0.139. The number of rotatable bonds is 3. The number of imide groups is 1. The summed E-state index contributed by atoms with van der Waals surface area (Å²) in [5.74, 6) is -0.0328. The van der Waals surface area contributed by atoms with Crippen LogP contribution < -0.4 is 5.32 Å². The molecule has 1 aromatic rings. The lowest BCUT2D eigenvalue weighted by Crippen LogP contribution is -2.47. The number of amides is 4. The third-order valence-corrected chi connectivity index (χ3v) is 6.25. The highest BCUT2D eigenvalue weighted by Crippen LogP contribution is 2.32. The van der Waals surface area contributed by atoms with Crippen LogP contribution in [0.4, 0.5) is 4.79 Å². The Morgan fingerprint density at radius 2 is 2.00 bits per heavy atom. The first-order chi connectivity index (χ1) is 12.9. The summed E-state index contributed by atoms with van der Waals surface area (Å²) in [6, 6.07) is 5.55. The van der Waals surface area contributed by atoms with Crippen molar-refractivity contribution in [1.29, 1.82) is 0 Å². The van der Waals surface area contributed by atoms with E-state index in [-0.39, 0.29) is 18.4 Å². The molecule has 0 bridgehead atoms. The van der Waals surface area contributed by atoms with Crippen molar-refractivity contribution in [2.24, 2.45) is 5.92 Å². The summed E-state index contributed by atoms with van der Waals surface area (Å²) in [6.45, 7) is 5.08. The molecule has 2 saturated heterocycles. The van der Waals surface area contributed by atoms with Gasteiger partial charge in [0.05, 0.1) is 0 Å². The maximum atomic E-state index is 13.1. The zero-order valence-corrected chi connectivity index (χ0v) is 16.1. The molecule has 0 aromatic heterocycles. The number of carbonyl (C=O) groups excluding carboxylic acids is 3. The number of aryl methyl sites for hydroxylation is 2. The first-order valence-corrected chi connectivity index (χ1v) is 9.92. The van der Waals surface area contributed by atoms with Gasteiger partial charge in [0.25, 0.3) is 5.91 Å². The lowest BCUT2D eigenvalue weighted by Gasteiger charge is -2.32. The standard InChI is InChI=1S/C21H27N3O3/c1-14-5-4-10-23(12-14)18(25)13-24-19(26)21(2,22-20(24)27)17-9-8-15-6-3-7-16(15)11-17/h8-9,11,14H,3-7,10,12-13H2,1-2H3,(H,22,27). The minimum absolute atomic E-state index is 0.150. The largest absolute Gasteiger partial charge is 0.341 e. The second-order valence-electron chi connectivity index (χ2n) is 8.37. The summed E-state index contributed by atoms with van der Waals surface area (Å²) >= 11 is 0. The molecule has 144 valence electrons. The molecule has 1 N–H and O–H groups in total. The predicted molar refractivity (Wildman–Crippen MR) is 101 cm³/mol. The van der Waals surface area contributed by atoms with Crippen molar-refractivity contribution in [2.45, 2.75) is 51.5 Å². The second kappa shape index (κ2) is 6.66.